The molecule has 3 rings (SSSR count). The Labute approximate surface area is 196 Å². The van der Waals surface area contributed by atoms with Gasteiger partial charge in [0.2, 0.25) is 0 Å². The topological polar surface area (TPSA) is 104 Å². The van der Waals surface area contributed by atoms with E-state index < -0.39 is 31.9 Å². The Morgan fingerprint density at radius 1 is 1.03 bits per heavy atom. The molecule has 1 aliphatic heterocycles. The number of rotatable bonds is 8. The maximum absolute atomic E-state index is 13.1. The van der Waals surface area contributed by atoms with Crippen molar-refractivity contribution in [3.05, 3.63) is 59.7 Å². The molecular weight excluding hydrogens is 462 g/mol. The van der Waals surface area contributed by atoms with E-state index in [1.54, 1.807) is 12.1 Å². The quantitative estimate of drug-likeness (QED) is 0.606. The van der Waals surface area contributed by atoms with Crippen molar-refractivity contribution in [2.45, 2.75) is 44.7 Å². The second kappa shape index (κ2) is 10.1. The van der Waals surface area contributed by atoms with Crippen LogP contribution in [0.25, 0.3) is 0 Å². The Bertz CT molecular complexity index is 1170. The van der Waals surface area contributed by atoms with Crippen LogP contribution in [0.4, 0.5) is 10.5 Å². The first-order valence-corrected chi connectivity index (χ1v) is 14.3. The molecule has 1 aliphatic rings. The summed E-state index contributed by atoms with van der Waals surface area (Å²) in [5.74, 6) is -0.199. The number of amides is 2. The molecule has 0 aliphatic carbocycles. The lowest BCUT2D eigenvalue weighted by atomic mass is 10.1. The molecule has 10 heteroatoms. The highest BCUT2D eigenvalue weighted by atomic mass is 32.2. The van der Waals surface area contributed by atoms with E-state index in [4.69, 9.17) is 0 Å². The van der Waals surface area contributed by atoms with Crippen LogP contribution in [0.15, 0.2) is 53.4 Å². The summed E-state index contributed by atoms with van der Waals surface area (Å²) in [4.78, 5) is 16.6. The Morgan fingerprint density at radius 3 is 2.15 bits per heavy atom. The van der Waals surface area contributed by atoms with Crippen molar-refractivity contribution in [1.29, 1.82) is 0 Å². The lowest BCUT2D eigenvalue weighted by Crippen LogP contribution is -2.48. The van der Waals surface area contributed by atoms with Crippen LogP contribution in [0, 0.1) is 6.92 Å². The second-order valence-corrected chi connectivity index (χ2v) is 12.2. The van der Waals surface area contributed by atoms with Crippen molar-refractivity contribution >= 4 is 31.6 Å². The Balaban J connectivity index is 1.84. The van der Waals surface area contributed by atoms with Gasteiger partial charge in [-0.1, -0.05) is 29.8 Å². The third-order valence-corrected chi connectivity index (χ3v) is 8.97. The van der Waals surface area contributed by atoms with E-state index in [2.05, 4.69) is 23.5 Å². The van der Waals surface area contributed by atoms with Crippen LogP contribution in [0.5, 0.6) is 0 Å². The van der Waals surface area contributed by atoms with E-state index >= 15 is 0 Å². The number of aryl methyl sites for hydroxylation is 1. The van der Waals surface area contributed by atoms with Crippen molar-refractivity contribution in [3.8, 4) is 0 Å². The minimum Gasteiger partial charge on any atom is -0.372 e. The molecule has 1 unspecified atom stereocenters. The van der Waals surface area contributed by atoms with Gasteiger partial charge in [-0.15, -0.1) is 0 Å². The minimum absolute atomic E-state index is 0.0208. The molecular formula is C23H31N3O5S2. The van der Waals surface area contributed by atoms with Gasteiger partial charge in [-0.25, -0.2) is 26.4 Å². The summed E-state index contributed by atoms with van der Waals surface area (Å²) in [6.45, 7) is 7.80. The number of benzene rings is 2. The molecule has 1 saturated heterocycles. The summed E-state index contributed by atoms with van der Waals surface area (Å²) in [6.07, 6.45) is 0.276. The molecule has 1 N–H and O–H groups in total. The van der Waals surface area contributed by atoms with E-state index in [1.165, 1.54) is 17.0 Å². The number of carbonyl (C=O) groups excluding carboxylic acids is 1. The first kappa shape index (κ1) is 25.0. The normalized spacial score (nSPS) is 17.5. The molecule has 180 valence electrons. The summed E-state index contributed by atoms with van der Waals surface area (Å²) in [5, 5.41) is 0. The fourth-order valence-corrected chi connectivity index (χ4v) is 6.63. The number of hydrogen-bond donors (Lipinski definition) is 1. The second-order valence-electron chi connectivity index (χ2n) is 8.25. The fraction of sp³-hybridized carbons (Fsp3) is 0.435. The molecule has 2 amide bonds. The molecule has 1 heterocycles. The molecule has 0 bridgehead atoms. The first-order chi connectivity index (χ1) is 15.5. The molecule has 2 aromatic rings. The number of urea groups is 1. The molecule has 1 fully saturated rings. The third kappa shape index (κ3) is 6.26. The molecule has 1 atom stereocenters. The maximum Gasteiger partial charge on any atom is 0.331 e. The van der Waals surface area contributed by atoms with Gasteiger partial charge in [0, 0.05) is 31.4 Å². The molecule has 0 radical (unpaired) electrons. The van der Waals surface area contributed by atoms with Gasteiger partial charge in [0.1, 0.15) is 0 Å². The monoisotopic (exact) mass is 493 g/mol. The summed E-state index contributed by atoms with van der Waals surface area (Å²) < 4.78 is 51.8. The average Bonchev–Trinajstić information content (AvgIpc) is 3.13. The van der Waals surface area contributed by atoms with Crippen molar-refractivity contribution in [2.24, 2.45) is 0 Å². The van der Waals surface area contributed by atoms with Crippen LogP contribution in [0.2, 0.25) is 0 Å². The zero-order valence-corrected chi connectivity index (χ0v) is 20.8. The smallest absolute Gasteiger partial charge is 0.331 e. The number of sulfone groups is 1. The van der Waals surface area contributed by atoms with Gasteiger partial charge in [-0.2, -0.15) is 0 Å². The summed E-state index contributed by atoms with van der Waals surface area (Å²) in [6, 6.07) is 12.4. The van der Waals surface area contributed by atoms with Gasteiger partial charge in [0.15, 0.2) is 9.84 Å². The summed E-state index contributed by atoms with van der Waals surface area (Å²) >= 11 is 0. The predicted molar refractivity (Wildman–Crippen MR) is 130 cm³/mol. The molecule has 33 heavy (non-hydrogen) atoms. The van der Waals surface area contributed by atoms with Gasteiger partial charge in [-0.3, -0.25) is 0 Å². The van der Waals surface area contributed by atoms with E-state index in [-0.39, 0.29) is 29.4 Å². The number of nitrogens with zero attached hydrogens (tertiary/aromatic N) is 2. The van der Waals surface area contributed by atoms with Gasteiger partial charge >= 0.3 is 6.03 Å². The highest BCUT2D eigenvalue weighted by Crippen LogP contribution is 2.22. The van der Waals surface area contributed by atoms with Crippen molar-refractivity contribution in [2.75, 3.05) is 29.5 Å². The SMILES string of the molecule is CCN(CC)c1ccc(CN(C(=O)NS(=O)(=O)c2ccc(C)cc2)C2CCS(=O)(=O)C2)cc1. The maximum atomic E-state index is 13.1. The standard InChI is InChI=1S/C23H31N3O5S2/c1-4-25(5-2)20-10-8-19(9-11-20)16-26(21-14-15-32(28,29)17-21)23(27)24-33(30,31)22-12-6-18(3)7-13-22/h6-13,21H,4-5,14-17H2,1-3H3,(H,24,27). The van der Waals surface area contributed by atoms with E-state index in [1.807, 2.05) is 31.2 Å². The van der Waals surface area contributed by atoms with Crippen molar-refractivity contribution in [1.82, 2.24) is 9.62 Å². The molecule has 8 nitrogen and oxygen atoms in total. The Hall–Kier alpha value is -2.59. The van der Waals surface area contributed by atoms with Crippen LogP contribution < -0.4 is 9.62 Å². The Morgan fingerprint density at radius 2 is 1.64 bits per heavy atom. The highest BCUT2D eigenvalue weighted by Gasteiger charge is 2.36. The summed E-state index contributed by atoms with van der Waals surface area (Å²) in [7, 11) is -7.36. The van der Waals surface area contributed by atoms with Crippen LogP contribution in [0.3, 0.4) is 0 Å². The zero-order chi connectivity index (χ0) is 24.2. The highest BCUT2D eigenvalue weighted by molar-refractivity contribution is 7.91. The van der Waals surface area contributed by atoms with E-state index in [9.17, 15) is 21.6 Å². The van der Waals surface area contributed by atoms with Crippen molar-refractivity contribution < 1.29 is 21.6 Å². The minimum atomic E-state index is -4.09. The number of carbonyl (C=O) groups is 1. The van der Waals surface area contributed by atoms with Crippen molar-refractivity contribution in [3.63, 3.8) is 0 Å². The van der Waals surface area contributed by atoms with Gasteiger partial charge in [0.05, 0.1) is 16.4 Å². The first-order valence-electron chi connectivity index (χ1n) is 11.0. The van der Waals surface area contributed by atoms with Crippen LogP contribution in [0.1, 0.15) is 31.4 Å². The third-order valence-electron chi connectivity index (χ3n) is 5.88. The van der Waals surface area contributed by atoms with Crippen LogP contribution in [-0.4, -0.2) is 58.4 Å². The zero-order valence-electron chi connectivity index (χ0n) is 19.2. The van der Waals surface area contributed by atoms with Crippen LogP contribution in [-0.2, 0) is 26.4 Å². The number of anilines is 1. The van der Waals surface area contributed by atoms with Crippen LogP contribution >= 0.6 is 0 Å². The fourth-order valence-electron chi connectivity index (χ4n) is 3.94. The van der Waals surface area contributed by atoms with E-state index in [0.29, 0.717) is 0 Å². The predicted octanol–water partition coefficient (Wildman–Crippen LogP) is 2.93. The number of hydrogen-bond acceptors (Lipinski definition) is 6. The number of nitrogens with one attached hydrogen (secondary N) is 1. The average molecular weight is 494 g/mol. The summed E-state index contributed by atoms with van der Waals surface area (Å²) in [5.41, 5.74) is 2.73. The largest absolute Gasteiger partial charge is 0.372 e. The molecule has 2 aromatic carbocycles. The van der Waals surface area contributed by atoms with Gasteiger partial charge in [0.25, 0.3) is 10.0 Å². The molecule has 0 spiro atoms. The lowest BCUT2D eigenvalue weighted by Gasteiger charge is -2.29. The molecule has 0 saturated carbocycles. The molecule has 0 aromatic heterocycles. The number of sulfonamides is 1. The lowest BCUT2D eigenvalue weighted by molar-refractivity contribution is 0.182. The van der Waals surface area contributed by atoms with Gasteiger partial charge in [-0.05, 0) is 57.0 Å². The Kier molecular flexibility index (Phi) is 7.69. The van der Waals surface area contributed by atoms with Gasteiger partial charge < -0.3 is 9.80 Å². The van der Waals surface area contributed by atoms with E-state index in [0.717, 1.165) is 29.9 Å².